The number of aryl methyl sites for hydroxylation is 1. The fourth-order valence-corrected chi connectivity index (χ4v) is 2.86. The summed E-state index contributed by atoms with van der Waals surface area (Å²) in [6.45, 7) is 3.85. The molecule has 3 N–H and O–H groups in total. The molecule has 0 aliphatic heterocycles. The molecule has 0 unspecified atom stereocenters. The first-order valence-corrected chi connectivity index (χ1v) is 8.19. The second-order valence-corrected chi connectivity index (χ2v) is 6.30. The Morgan fingerprint density at radius 2 is 2.00 bits per heavy atom. The summed E-state index contributed by atoms with van der Waals surface area (Å²) in [7, 11) is 0. The second kappa shape index (κ2) is 6.79. The van der Waals surface area contributed by atoms with Gasteiger partial charge in [-0.25, -0.2) is 4.98 Å². The average Bonchev–Trinajstić information content (AvgIpc) is 2.86. The number of hydrogen-bond donors (Lipinski definition) is 2. The van der Waals surface area contributed by atoms with Gasteiger partial charge in [0.1, 0.15) is 0 Å². The lowest BCUT2D eigenvalue weighted by Crippen LogP contribution is -2.16. The topological polar surface area (TPSA) is 55.9 Å². The van der Waals surface area contributed by atoms with E-state index in [-0.39, 0.29) is 0 Å². The highest BCUT2D eigenvalue weighted by Crippen LogP contribution is 2.25. The van der Waals surface area contributed by atoms with Gasteiger partial charge in [0, 0.05) is 23.1 Å². The van der Waals surface area contributed by atoms with Gasteiger partial charge in [-0.05, 0) is 42.3 Å². The van der Waals surface area contributed by atoms with E-state index < -0.39 is 0 Å². The van der Waals surface area contributed by atoms with Crippen LogP contribution in [-0.2, 0) is 6.54 Å². The number of hydrogen-bond acceptors (Lipinski definition) is 3. The summed E-state index contributed by atoms with van der Waals surface area (Å²) in [5.41, 5.74) is 9.64. The highest BCUT2D eigenvalue weighted by molar-refractivity contribution is 6.31. The highest BCUT2D eigenvalue weighted by atomic mass is 35.5. The summed E-state index contributed by atoms with van der Waals surface area (Å²) in [5.74, 6) is 0.782. The minimum atomic E-state index is 0.542. The van der Waals surface area contributed by atoms with Gasteiger partial charge in [0.2, 0.25) is 5.95 Å². The number of halogens is 2. The zero-order valence-electron chi connectivity index (χ0n) is 12.8. The Balaban J connectivity index is 2.05. The average molecular weight is 349 g/mol. The predicted molar refractivity (Wildman–Crippen MR) is 97.6 cm³/mol. The van der Waals surface area contributed by atoms with Crippen molar-refractivity contribution in [3.63, 3.8) is 0 Å². The molecule has 0 aliphatic rings. The first-order chi connectivity index (χ1) is 11.1. The molecule has 0 saturated heterocycles. The Labute approximate surface area is 145 Å². The second-order valence-electron chi connectivity index (χ2n) is 5.45. The van der Waals surface area contributed by atoms with Crippen LogP contribution in [0.1, 0.15) is 11.1 Å². The van der Waals surface area contributed by atoms with Crippen molar-refractivity contribution in [1.29, 1.82) is 0 Å². The summed E-state index contributed by atoms with van der Waals surface area (Å²) in [4.78, 5) is 4.63. The third-order valence-corrected chi connectivity index (χ3v) is 4.36. The zero-order chi connectivity index (χ0) is 16.4. The Kier molecular flexibility index (Phi) is 4.76. The van der Waals surface area contributed by atoms with Crippen LogP contribution in [0.15, 0.2) is 36.4 Å². The minimum absolute atomic E-state index is 0.542. The van der Waals surface area contributed by atoms with Gasteiger partial charge >= 0.3 is 0 Å². The number of benzene rings is 2. The van der Waals surface area contributed by atoms with Gasteiger partial charge in [-0.1, -0.05) is 35.3 Å². The molecule has 6 heteroatoms. The van der Waals surface area contributed by atoms with Gasteiger partial charge in [-0.3, -0.25) is 0 Å². The summed E-state index contributed by atoms with van der Waals surface area (Å²) >= 11 is 12.4. The van der Waals surface area contributed by atoms with Crippen molar-refractivity contribution in [2.45, 2.75) is 13.5 Å². The molecule has 4 nitrogen and oxygen atoms in total. The van der Waals surface area contributed by atoms with Crippen LogP contribution in [0.5, 0.6) is 0 Å². The van der Waals surface area contributed by atoms with Crippen LogP contribution in [0.2, 0.25) is 10.0 Å². The quantitative estimate of drug-likeness (QED) is 0.730. The molecular weight excluding hydrogens is 331 g/mol. The van der Waals surface area contributed by atoms with E-state index in [2.05, 4.69) is 20.9 Å². The van der Waals surface area contributed by atoms with Crippen LogP contribution in [-0.4, -0.2) is 22.6 Å². The Morgan fingerprint density at radius 1 is 1.17 bits per heavy atom. The first kappa shape index (κ1) is 16.1. The molecule has 2 aromatic carbocycles. The van der Waals surface area contributed by atoms with Crippen LogP contribution < -0.4 is 11.1 Å². The first-order valence-electron chi connectivity index (χ1n) is 7.43. The number of rotatable bonds is 5. The van der Waals surface area contributed by atoms with E-state index in [1.54, 1.807) is 0 Å². The third kappa shape index (κ3) is 3.44. The maximum absolute atomic E-state index is 6.24. The van der Waals surface area contributed by atoms with Gasteiger partial charge in [0.05, 0.1) is 17.6 Å². The molecule has 23 heavy (non-hydrogen) atoms. The van der Waals surface area contributed by atoms with E-state index >= 15 is 0 Å². The lowest BCUT2D eigenvalue weighted by molar-refractivity contribution is 0.820. The van der Waals surface area contributed by atoms with E-state index in [1.807, 2.05) is 37.3 Å². The molecule has 0 fully saturated rings. The molecule has 1 aromatic heterocycles. The summed E-state index contributed by atoms with van der Waals surface area (Å²) in [5, 5.41) is 4.72. The molecule has 3 rings (SSSR count). The number of anilines is 1. The molecule has 0 amide bonds. The number of imidazole rings is 1. The number of nitrogens with zero attached hydrogens (tertiary/aromatic N) is 2. The molecule has 3 aromatic rings. The van der Waals surface area contributed by atoms with Crippen LogP contribution in [0.4, 0.5) is 5.95 Å². The van der Waals surface area contributed by atoms with Gasteiger partial charge < -0.3 is 15.6 Å². The molecule has 120 valence electrons. The van der Waals surface area contributed by atoms with Gasteiger partial charge in [-0.15, -0.1) is 0 Å². The number of fused-ring (bicyclic) bond motifs is 1. The smallest absolute Gasteiger partial charge is 0.204 e. The minimum Gasteiger partial charge on any atom is -0.354 e. The summed E-state index contributed by atoms with van der Waals surface area (Å²) in [6, 6.07) is 11.8. The molecule has 0 spiro atoms. The molecule has 0 aliphatic carbocycles. The normalized spacial score (nSPS) is 11.1. The van der Waals surface area contributed by atoms with E-state index in [4.69, 9.17) is 28.9 Å². The van der Waals surface area contributed by atoms with E-state index in [1.165, 1.54) is 0 Å². The molecule has 0 atom stereocenters. The van der Waals surface area contributed by atoms with Crippen molar-refractivity contribution in [3.8, 4) is 0 Å². The van der Waals surface area contributed by atoms with Crippen LogP contribution in [0.3, 0.4) is 0 Å². The van der Waals surface area contributed by atoms with E-state index in [9.17, 15) is 0 Å². The molecule has 0 bridgehead atoms. The molecule has 0 radical (unpaired) electrons. The van der Waals surface area contributed by atoms with Crippen molar-refractivity contribution in [1.82, 2.24) is 9.55 Å². The summed E-state index contributed by atoms with van der Waals surface area (Å²) < 4.78 is 2.10. The zero-order valence-corrected chi connectivity index (χ0v) is 14.3. The van der Waals surface area contributed by atoms with Crippen molar-refractivity contribution in [2.24, 2.45) is 5.73 Å². The largest absolute Gasteiger partial charge is 0.354 e. The fourth-order valence-electron chi connectivity index (χ4n) is 2.49. The lowest BCUT2D eigenvalue weighted by atomic mass is 10.1. The standard InChI is InChI=1S/C17H18Cl2N4/c1-11-2-3-12(8-14(11)19)10-23-16-9-13(18)4-5-15(16)22-17(23)21-7-6-20/h2-5,8-9H,6-7,10,20H2,1H3,(H,21,22). The Morgan fingerprint density at radius 3 is 2.74 bits per heavy atom. The molecule has 0 saturated carbocycles. The van der Waals surface area contributed by atoms with Gasteiger partial charge in [0.25, 0.3) is 0 Å². The van der Waals surface area contributed by atoms with Gasteiger partial charge in [0.15, 0.2) is 0 Å². The van der Waals surface area contributed by atoms with E-state index in [0.29, 0.717) is 24.7 Å². The predicted octanol–water partition coefficient (Wildman–Crippen LogP) is 4.07. The van der Waals surface area contributed by atoms with Gasteiger partial charge in [-0.2, -0.15) is 0 Å². The van der Waals surface area contributed by atoms with Crippen LogP contribution in [0.25, 0.3) is 11.0 Å². The molecular formula is C17H18Cl2N4. The molecule has 1 heterocycles. The number of aromatic nitrogens is 2. The maximum atomic E-state index is 6.24. The highest BCUT2D eigenvalue weighted by Gasteiger charge is 2.12. The van der Waals surface area contributed by atoms with Crippen molar-refractivity contribution >= 4 is 40.2 Å². The van der Waals surface area contributed by atoms with Crippen molar-refractivity contribution in [2.75, 3.05) is 18.4 Å². The fraction of sp³-hybridized carbons (Fsp3) is 0.235. The lowest BCUT2D eigenvalue weighted by Gasteiger charge is -2.11. The Bertz CT molecular complexity index is 842. The van der Waals surface area contributed by atoms with Crippen LogP contribution >= 0.6 is 23.2 Å². The third-order valence-electron chi connectivity index (χ3n) is 3.71. The SMILES string of the molecule is Cc1ccc(Cn2c(NCCN)nc3ccc(Cl)cc32)cc1Cl. The summed E-state index contributed by atoms with van der Waals surface area (Å²) in [6.07, 6.45) is 0. The number of nitrogens with one attached hydrogen (secondary N) is 1. The van der Waals surface area contributed by atoms with Crippen molar-refractivity contribution < 1.29 is 0 Å². The monoisotopic (exact) mass is 348 g/mol. The Hall–Kier alpha value is -1.75. The van der Waals surface area contributed by atoms with Crippen molar-refractivity contribution in [3.05, 3.63) is 57.6 Å². The number of nitrogens with two attached hydrogens (primary N) is 1. The van der Waals surface area contributed by atoms with E-state index in [0.717, 1.165) is 33.1 Å². The maximum Gasteiger partial charge on any atom is 0.204 e. The van der Waals surface area contributed by atoms with Crippen LogP contribution in [0, 0.1) is 6.92 Å².